The third-order valence-electron chi connectivity index (χ3n) is 3.56. The molecule has 0 aromatic rings. The number of nitrogens with two attached hydrogens (primary N) is 2. The second-order valence-electron chi connectivity index (χ2n) is 4.77. The molecule has 0 aromatic heterocycles. The molecular formula is C11H22N4O2. The second-order valence-corrected chi connectivity index (χ2v) is 4.77. The number of likely N-dealkylation sites (N-methyl/N-ethyl adjacent to an activating group) is 1. The van der Waals surface area contributed by atoms with Crippen LogP contribution < -0.4 is 11.5 Å². The largest absolute Gasteiger partial charge is 0.478 e. The summed E-state index contributed by atoms with van der Waals surface area (Å²) < 4.78 is 0. The van der Waals surface area contributed by atoms with Crippen molar-refractivity contribution < 1.29 is 9.90 Å². The highest BCUT2D eigenvalue weighted by molar-refractivity contribution is 5.84. The SMILES string of the molecule is CN(C1CCCCC1)[C@](C)(N=C(N)N)C(=O)O. The molecule has 0 heterocycles. The Labute approximate surface area is 102 Å². The van der Waals surface area contributed by atoms with E-state index < -0.39 is 11.6 Å². The Morgan fingerprint density at radius 3 is 2.29 bits per heavy atom. The van der Waals surface area contributed by atoms with E-state index in [-0.39, 0.29) is 12.0 Å². The minimum absolute atomic E-state index is 0.197. The smallest absolute Gasteiger partial charge is 0.346 e. The molecule has 98 valence electrons. The summed E-state index contributed by atoms with van der Waals surface area (Å²) in [5.41, 5.74) is 9.27. The maximum Gasteiger partial charge on any atom is 0.346 e. The summed E-state index contributed by atoms with van der Waals surface area (Å²) in [6, 6.07) is 0.230. The Morgan fingerprint density at radius 1 is 1.35 bits per heavy atom. The number of hydrogen-bond acceptors (Lipinski definition) is 3. The van der Waals surface area contributed by atoms with Gasteiger partial charge in [0.15, 0.2) is 5.96 Å². The highest BCUT2D eigenvalue weighted by Gasteiger charge is 2.41. The van der Waals surface area contributed by atoms with E-state index in [0.717, 1.165) is 25.7 Å². The molecular weight excluding hydrogens is 220 g/mol. The molecule has 5 N–H and O–H groups in total. The average Bonchev–Trinajstić information content (AvgIpc) is 2.28. The molecule has 0 spiro atoms. The normalized spacial score (nSPS) is 20.9. The van der Waals surface area contributed by atoms with Gasteiger partial charge in [0.2, 0.25) is 5.66 Å². The molecule has 1 aliphatic rings. The lowest BCUT2D eigenvalue weighted by Gasteiger charge is -2.39. The summed E-state index contributed by atoms with van der Waals surface area (Å²) in [4.78, 5) is 17.0. The topological polar surface area (TPSA) is 105 Å². The Morgan fingerprint density at radius 2 is 1.88 bits per heavy atom. The van der Waals surface area contributed by atoms with Gasteiger partial charge in [0, 0.05) is 6.04 Å². The predicted octanol–water partition coefficient (Wildman–Crippen LogP) is 0.325. The number of guanidine groups is 1. The molecule has 0 bridgehead atoms. The van der Waals surface area contributed by atoms with Crippen molar-refractivity contribution in [3.05, 3.63) is 0 Å². The van der Waals surface area contributed by atoms with Crippen LogP contribution in [0.5, 0.6) is 0 Å². The maximum absolute atomic E-state index is 11.4. The standard InChI is InChI=1S/C11H22N4O2/c1-11(9(16)17,14-10(12)13)15(2)8-6-4-3-5-7-8/h8H,3-7H2,1-2H3,(H,16,17)(H4,12,13,14)/t11-/m0/s1. The first kappa shape index (κ1) is 13.8. The van der Waals surface area contributed by atoms with Crippen LogP contribution in [0.25, 0.3) is 0 Å². The zero-order valence-corrected chi connectivity index (χ0v) is 10.5. The van der Waals surface area contributed by atoms with Gasteiger partial charge in [0.1, 0.15) is 0 Å². The van der Waals surface area contributed by atoms with Gasteiger partial charge in [-0.15, -0.1) is 0 Å². The fourth-order valence-electron chi connectivity index (χ4n) is 2.35. The van der Waals surface area contributed by atoms with Crippen molar-refractivity contribution in [3.8, 4) is 0 Å². The average molecular weight is 242 g/mol. The summed E-state index contributed by atoms with van der Waals surface area (Å²) in [6.07, 6.45) is 5.48. The lowest BCUT2D eigenvalue weighted by Crippen LogP contribution is -2.55. The monoisotopic (exact) mass is 242 g/mol. The van der Waals surface area contributed by atoms with Crippen molar-refractivity contribution in [3.63, 3.8) is 0 Å². The number of nitrogens with zero attached hydrogens (tertiary/aromatic N) is 2. The number of carbonyl (C=O) groups is 1. The van der Waals surface area contributed by atoms with E-state index in [0.29, 0.717) is 0 Å². The number of carboxylic acid groups (broad SMARTS) is 1. The number of rotatable bonds is 4. The van der Waals surface area contributed by atoms with Crippen molar-refractivity contribution >= 4 is 11.9 Å². The molecule has 1 saturated carbocycles. The lowest BCUT2D eigenvalue weighted by atomic mass is 9.92. The van der Waals surface area contributed by atoms with Gasteiger partial charge in [-0.25, -0.2) is 9.79 Å². The molecule has 17 heavy (non-hydrogen) atoms. The van der Waals surface area contributed by atoms with Crippen molar-refractivity contribution in [2.45, 2.75) is 50.7 Å². The molecule has 1 atom stereocenters. The predicted molar refractivity (Wildman–Crippen MR) is 66.5 cm³/mol. The second kappa shape index (κ2) is 5.35. The van der Waals surface area contributed by atoms with E-state index in [1.807, 2.05) is 0 Å². The Bertz CT molecular complexity index is 309. The highest BCUT2D eigenvalue weighted by atomic mass is 16.4. The van der Waals surface area contributed by atoms with Crippen LogP contribution in [0.3, 0.4) is 0 Å². The molecule has 0 saturated heterocycles. The molecule has 0 aliphatic heterocycles. The van der Waals surface area contributed by atoms with E-state index in [1.165, 1.54) is 13.3 Å². The van der Waals surface area contributed by atoms with Gasteiger partial charge in [-0.3, -0.25) is 4.90 Å². The van der Waals surface area contributed by atoms with Gasteiger partial charge in [-0.05, 0) is 26.8 Å². The van der Waals surface area contributed by atoms with Crippen molar-refractivity contribution in [2.75, 3.05) is 7.05 Å². The van der Waals surface area contributed by atoms with Gasteiger partial charge in [0.25, 0.3) is 0 Å². The quantitative estimate of drug-likeness (QED) is 0.486. The summed E-state index contributed by atoms with van der Waals surface area (Å²) >= 11 is 0. The molecule has 6 heteroatoms. The van der Waals surface area contributed by atoms with E-state index in [1.54, 1.807) is 11.9 Å². The zero-order chi connectivity index (χ0) is 13.1. The molecule has 6 nitrogen and oxygen atoms in total. The van der Waals surface area contributed by atoms with Crippen LogP contribution >= 0.6 is 0 Å². The third-order valence-corrected chi connectivity index (χ3v) is 3.56. The van der Waals surface area contributed by atoms with Crippen LogP contribution in [0.2, 0.25) is 0 Å². The Hall–Kier alpha value is -1.30. The van der Waals surface area contributed by atoms with Gasteiger partial charge >= 0.3 is 5.97 Å². The first-order chi connectivity index (χ1) is 7.88. The summed E-state index contributed by atoms with van der Waals surface area (Å²) in [5, 5.41) is 9.32. The summed E-state index contributed by atoms with van der Waals surface area (Å²) in [7, 11) is 1.77. The summed E-state index contributed by atoms with van der Waals surface area (Å²) in [5.74, 6) is -1.23. The minimum atomic E-state index is -1.37. The maximum atomic E-state index is 11.4. The minimum Gasteiger partial charge on any atom is -0.478 e. The third kappa shape index (κ3) is 3.09. The molecule has 0 radical (unpaired) electrons. The Kier molecular flexibility index (Phi) is 4.34. The fraction of sp³-hybridized carbons (Fsp3) is 0.818. The van der Waals surface area contributed by atoms with E-state index in [9.17, 15) is 9.90 Å². The van der Waals surface area contributed by atoms with Gasteiger partial charge in [-0.1, -0.05) is 19.3 Å². The van der Waals surface area contributed by atoms with Crippen LogP contribution in [-0.2, 0) is 4.79 Å². The number of aliphatic carboxylic acids is 1. The van der Waals surface area contributed by atoms with Crippen molar-refractivity contribution in [2.24, 2.45) is 16.5 Å². The van der Waals surface area contributed by atoms with E-state index in [4.69, 9.17) is 11.5 Å². The van der Waals surface area contributed by atoms with Gasteiger partial charge < -0.3 is 16.6 Å². The number of carboxylic acids is 1. The van der Waals surface area contributed by atoms with Gasteiger partial charge in [0.05, 0.1) is 0 Å². The van der Waals surface area contributed by atoms with Crippen molar-refractivity contribution in [1.29, 1.82) is 0 Å². The number of hydrogen-bond donors (Lipinski definition) is 3. The van der Waals surface area contributed by atoms with Crippen LogP contribution in [0.1, 0.15) is 39.0 Å². The fourth-order valence-corrected chi connectivity index (χ4v) is 2.35. The van der Waals surface area contributed by atoms with Crippen LogP contribution in [0, 0.1) is 0 Å². The molecule has 1 aliphatic carbocycles. The molecule has 0 amide bonds. The molecule has 1 rings (SSSR count). The summed E-state index contributed by atoms with van der Waals surface area (Å²) in [6.45, 7) is 1.53. The molecule has 1 fully saturated rings. The van der Waals surface area contributed by atoms with Gasteiger partial charge in [-0.2, -0.15) is 0 Å². The van der Waals surface area contributed by atoms with E-state index in [2.05, 4.69) is 4.99 Å². The van der Waals surface area contributed by atoms with Crippen LogP contribution in [0.15, 0.2) is 4.99 Å². The zero-order valence-electron chi connectivity index (χ0n) is 10.5. The molecule has 0 aromatic carbocycles. The lowest BCUT2D eigenvalue weighted by molar-refractivity contribution is -0.151. The highest BCUT2D eigenvalue weighted by Crippen LogP contribution is 2.27. The van der Waals surface area contributed by atoms with Crippen LogP contribution in [0.4, 0.5) is 0 Å². The van der Waals surface area contributed by atoms with Crippen LogP contribution in [-0.4, -0.2) is 40.7 Å². The number of aliphatic imine (C=N–C) groups is 1. The van der Waals surface area contributed by atoms with Crippen molar-refractivity contribution in [1.82, 2.24) is 4.90 Å². The van der Waals surface area contributed by atoms with E-state index >= 15 is 0 Å². The first-order valence-corrected chi connectivity index (χ1v) is 5.95. The first-order valence-electron chi connectivity index (χ1n) is 5.95. The molecule has 0 unspecified atom stereocenters. The Balaban J connectivity index is 2.89.